The van der Waals surface area contributed by atoms with Gasteiger partial charge in [-0.15, -0.1) is 0 Å². The summed E-state index contributed by atoms with van der Waals surface area (Å²) in [5.74, 6) is 3.80. The Morgan fingerprint density at radius 1 is 0.893 bits per heavy atom. The summed E-state index contributed by atoms with van der Waals surface area (Å²) in [7, 11) is 1.95. The second-order valence-corrected chi connectivity index (χ2v) is 10.2. The Bertz CT molecular complexity index is 475. The first-order chi connectivity index (χ1) is 13.4. The molecule has 4 rings (SSSR count). The van der Waals surface area contributed by atoms with Crippen molar-refractivity contribution in [2.45, 2.75) is 118 Å². The van der Waals surface area contributed by atoms with Gasteiger partial charge in [-0.1, -0.05) is 54.4 Å². The van der Waals surface area contributed by atoms with E-state index in [0.717, 1.165) is 23.7 Å². The van der Waals surface area contributed by atoms with Gasteiger partial charge in [-0.3, -0.25) is 0 Å². The fourth-order valence-corrected chi connectivity index (χ4v) is 8.44. The summed E-state index contributed by atoms with van der Waals surface area (Å²) in [6.07, 6.45) is 12.6. The number of fused-ring (bicyclic) bond motifs is 5. The monoisotopic (exact) mass is 394 g/mol. The summed E-state index contributed by atoms with van der Waals surface area (Å²) in [5, 5.41) is 10.4. The largest absolute Gasteiger partial charge is 0.393 e. The van der Waals surface area contributed by atoms with Crippen LogP contribution in [0.15, 0.2) is 0 Å². The molecule has 0 radical (unpaired) electrons. The first-order valence-electron chi connectivity index (χ1n) is 12.6. The van der Waals surface area contributed by atoms with Crippen molar-refractivity contribution in [3.05, 3.63) is 0 Å². The molecule has 0 aromatic carbocycles. The second kappa shape index (κ2) is 9.82. The molecule has 4 fully saturated rings. The molecule has 28 heavy (non-hydrogen) atoms. The Kier molecular flexibility index (Phi) is 8.48. The van der Waals surface area contributed by atoms with E-state index in [-0.39, 0.29) is 11.5 Å². The average molecular weight is 395 g/mol. The maximum Gasteiger partial charge on any atom is 0.0613 e. The fraction of sp³-hybridized carbons (Fsp3) is 1.00. The number of rotatable bonds is 2. The van der Waals surface area contributed by atoms with Crippen LogP contribution in [0.1, 0.15) is 106 Å². The topological polar surface area (TPSA) is 29.5 Å². The smallest absolute Gasteiger partial charge is 0.0613 e. The van der Waals surface area contributed by atoms with E-state index >= 15 is 0 Å². The van der Waals surface area contributed by atoms with Crippen LogP contribution in [0.3, 0.4) is 0 Å². The van der Waals surface area contributed by atoms with E-state index in [0.29, 0.717) is 17.4 Å². The van der Waals surface area contributed by atoms with E-state index < -0.39 is 0 Å². The van der Waals surface area contributed by atoms with E-state index in [9.17, 15) is 5.11 Å². The van der Waals surface area contributed by atoms with E-state index in [1.54, 1.807) is 0 Å². The quantitative estimate of drug-likeness (QED) is 0.541. The van der Waals surface area contributed by atoms with Crippen molar-refractivity contribution in [1.29, 1.82) is 0 Å². The highest BCUT2D eigenvalue weighted by Crippen LogP contribution is 2.68. The Morgan fingerprint density at radius 3 is 2.18 bits per heavy atom. The molecular formula is C26H50O2. The Balaban J connectivity index is 0.000000660. The Labute approximate surface area is 176 Å². The minimum atomic E-state index is -0.171. The maximum atomic E-state index is 10.4. The lowest BCUT2D eigenvalue weighted by Gasteiger charge is -2.62. The summed E-state index contributed by atoms with van der Waals surface area (Å²) in [6.45, 7) is 15.1. The van der Waals surface area contributed by atoms with Crippen LogP contribution in [0.2, 0.25) is 0 Å². The van der Waals surface area contributed by atoms with E-state index in [1.807, 2.05) is 41.7 Å². The third-order valence-corrected chi connectivity index (χ3v) is 9.45. The van der Waals surface area contributed by atoms with Crippen LogP contribution in [0.25, 0.3) is 0 Å². The van der Waals surface area contributed by atoms with E-state index in [2.05, 4.69) is 13.8 Å². The fourth-order valence-electron chi connectivity index (χ4n) is 8.44. The molecule has 9 atom stereocenters. The van der Waals surface area contributed by atoms with Crippen LogP contribution in [0, 0.1) is 40.4 Å². The van der Waals surface area contributed by atoms with Crippen molar-refractivity contribution in [2.24, 2.45) is 40.4 Å². The van der Waals surface area contributed by atoms with Gasteiger partial charge in [0.1, 0.15) is 0 Å². The van der Waals surface area contributed by atoms with Crippen molar-refractivity contribution in [3.63, 3.8) is 0 Å². The van der Waals surface area contributed by atoms with Gasteiger partial charge in [0.25, 0.3) is 0 Å². The van der Waals surface area contributed by atoms with Crippen molar-refractivity contribution < 1.29 is 9.84 Å². The molecule has 0 spiro atoms. The van der Waals surface area contributed by atoms with Gasteiger partial charge in [0.15, 0.2) is 0 Å². The molecule has 1 N–H and O–H groups in total. The molecule has 0 saturated heterocycles. The molecule has 2 nitrogen and oxygen atoms in total. The molecule has 4 aliphatic rings. The highest BCUT2D eigenvalue weighted by Gasteiger charge is 2.63. The van der Waals surface area contributed by atoms with Gasteiger partial charge in [0, 0.05) is 7.11 Å². The molecule has 0 aliphatic heterocycles. The number of aliphatic hydroxyl groups excluding tert-OH is 1. The zero-order chi connectivity index (χ0) is 21.1. The minimum Gasteiger partial charge on any atom is -0.393 e. The first-order valence-corrected chi connectivity index (χ1v) is 12.6. The summed E-state index contributed by atoms with van der Waals surface area (Å²) in [5.41, 5.74) is 0.792. The molecule has 166 valence electrons. The first kappa shape index (κ1) is 24.2. The van der Waals surface area contributed by atoms with Crippen molar-refractivity contribution in [2.75, 3.05) is 7.11 Å². The molecule has 4 saturated carbocycles. The van der Waals surface area contributed by atoms with Crippen molar-refractivity contribution in [1.82, 2.24) is 0 Å². The predicted molar refractivity (Wildman–Crippen MR) is 120 cm³/mol. The van der Waals surface area contributed by atoms with E-state index in [1.165, 1.54) is 57.8 Å². The maximum absolute atomic E-state index is 10.4. The lowest BCUT2D eigenvalue weighted by atomic mass is 9.44. The summed E-state index contributed by atoms with van der Waals surface area (Å²) in [4.78, 5) is 0. The third-order valence-electron chi connectivity index (χ3n) is 9.45. The summed E-state index contributed by atoms with van der Waals surface area (Å²) < 4.78 is 6.19. The number of hydrogen-bond acceptors (Lipinski definition) is 2. The van der Waals surface area contributed by atoms with Crippen molar-refractivity contribution in [3.8, 4) is 0 Å². The van der Waals surface area contributed by atoms with Crippen LogP contribution in [-0.2, 0) is 4.74 Å². The normalized spacial score (nSPS) is 47.9. The zero-order valence-electron chi connectivity index (χ0n) is 20.3. The molecule has 0 aromatic heterocycles. The molecule has 0 heterocycles. The minimum absolute atomic E-state index is 0.171. The van der Waals surface area contributed by atoms with Gasteiger partial charge in [0.2, 0.25) is 0 Å². The van der Waals surface area contributed by atoms with E-state index in [4.69, 9.17) is 4.74 Å². The zero-order valence-corrected chi connectivity index (χ0v) is 20.3. The lowest BCUT2D eigenvalue weighted by Crippen LogP contribution is -2.59. The highest BCUT2D eigenvalue weighted by molar-refractivity contribution is 5.12. The summed E-state index contributed by atoms with van der Waals surface area (Å²) in [6, 6.07) is 0. The van der Waals surface area contributed by atoms with Crippen LogP contribution in [-0.4, -0.2) is 24.4 Å². The molecule has 2 heteroatoms. The van der Waals surface area contributed by atoms with Gasteiger partial charge in [-0.05, 0) is 92.3 Å². The van der Waals surface area contributed by atoms with Gasteiger partial charge in [-0.25, -0.2) is 0 Å². The molecule has 0 aromatic rings. The number of hydrogen-bond donors (Lipinski definition) is 1. The van der Waals surface area contributed by atoms with Gasteiger partial charge >= 0.3 is 0 Å². The van der Waals surface area contributed by atoms with Crippen LogP contribution in [0.4, 0.5) is 0 Å². The summed E-state index contributed by atoms with van der Waals surface area (Å²) >= 11 is 0. The lowest BCUT2D eigenvalue weighted by molar-refractivity contribution is -0.182. The number of ether oxygens (including phenoxy) is 1. The predicted octanol–water partition coefficient (Wildman–Crippen LogP) is 7.09. The average Bonchev–Trinajstić information content (AvgIpc) is 3.07. The molecule has 4 aliphatic carbocycles. The van der Waals surface area contributed by atoms with Crippen LogP contribution >= 0.6 is 0 Å². The van der Waals surface area contributed by atoms with Gasteiger partial charge in [-0.2, -0.15) is 0 Å². The molecule has 9 unspecified atom stereocenters. The van der Waals surface area contributed by atoms with Gasteiger partial charge < -0.3 is 9.84 Å². The van der Waals surface area contributed by atoms with Crippen LogP contribution < -0.4 is 0 Å². The Hall–Kier alpha value is -0.0800. The molecular weight excluding hydrogens is 344 g/mol. The van der Waals surface area contributed by atoms with Crippen molar-refractivity contribution >= 4 is 0 Å². The SMILES string of the molecule is CC.CC.COC1CC2(C)C(C(C)O)CCC2C2CCC3CCCCC3(C)C12. The number of aliphatic hydroxyl groups is 1. The number of methoxy groups -OCH3 is 1. The second-order valence-electron chi connectivity index (χ2n) is 10.2. The Morgan fingerprint density at radius 2 is 1.57 bits per heavy atom. The molecule has 0 bridgehead atoms. The standard InChI is InChI=1S/C22H38O2.2C2H6/c1-14(23)17-10-11-18-16-9-8-15-7-5-6-12-21(15,2)20(16)19(24-4)13-22(17,18)3;2*1-2/h14-20,23H,5-13H2,1-4H3;2*1-2H3. The van der Waals surface area contributed by atoms with Gasteiger partial charge in [0.05, 0.1) is 12.2 Å². The third kappa shape index (κ3) is 3.82. The highest BCUT2D eigenvalue weighted by atomic mass is 16.5. The van der Waals surface area contributed by atoms with Crippen LogP contribution in [0.5, 0.6) is 0 Å². The molecule has 0 amide bonds.